The molecule has 0 spiro atoms. The molecular weight excluding hydrogens is 324 g/mol. The predicted octanol–water partition coefficient (Wildman–Crippen LogP) is 3.07. The molecule has 1 amide bonds. The molecule has 0 unspecified atom stereocenters. The quantitative estimate of drug-likeness (QED) is 0.702. The van der Waals surface area contributed by atoms with E-state index >= 15 is 0 Å². The molecule has 4 nitrogen and oxygen atoms in total. The molecule has 1 heterocycles. The van der Waals surface area contributed by atoms with Gasteiger partial charge in [-0.05, 0) is 36.6 Å². The third kappa shape index (κ3) is 2.48. The molecule has 0 aromatic heterocycles. The molecule has 0 saturated heterocycles. The van der Waals surface area contributed by atoms with Crippen LogP contribution in [-0.4, -0.2) is 24.2 Å². The van der Waals surface area contributed by atoms with Crippen LogP contribution in [0.3, 0.4) is 0 Å². The zero-order valence-corrected chi connectivity index (χ0v) is 15.2. The van der Waals surface area contributed by atoms with Gasteiger partial charge in [0.15, 0.2) is 0 Å². The van der Waals surface area contributed by atoms with Crippen molar-refractivity contribution in [3.8, 4) is 0 Å². The highest BCUT2D eigenvalue weighted by molar-refractivity contribution is 5.99. The fourth-order valence-electron chi connectivity index (χ4n) is 5.06. The number of carbonyl (C=O) groups is 1. The molecule has 2 aromatic rings. The van der Waals surface area contributed by atoms with Crippen molar-refractivity contribution in [3.05, 3.63) is 65.7 Å². The minimum absolute atomic E-state index is 0.0620. The number of benzene rings is 2. The fourth-order valence-corrected chi connectivity index (χ4v) is 5.06. The van der Waals surface area contributed by atoms with Crippen molar-refractivity contribution < 1.29 is 9.90 Å². The molecular formula is C22H26N2O2. The van der Waals surface area contributed by atoms with E-state index in [-0.39, 0.29) is 29.3 Å². The van der Waals surface area contributed by atoms with E-state index < -0.39 is 0 Å². The second-order valence-electron chi connectivity index (χ2n) is 7.89. The van der Waals surface area contributed by atoms with Crippen LogP contribution in [0.2, 0.25) is 0 Å². The van der Waals surface area contributed by atoms with E-state index in [0.29, 0.717) is 0 Å². The molecule has 3 N–H and O–H groups in total. The number of fused-ring (bicyclic) bond motifs is 3. The summed E-state index contributed by atoms with van der Waals surface area (Å²) in [6.07, 6.45) is 1.58. The van der Waals surface area contributed by atoms with Crippen molar-refractivity contribution in [1.82, 2.24) is 5.32 Å². The Morgan fingerprint density at radius 2 is 1.88 bits per heavy atom. The largest absolute Gasteiger partial charge is 0.396 e. The Morgan fingerprint density at radius 1 is 1.15 bits per heavy atom. The smallest absolute Gasteiger partial charge is 0.228 e. The van der Waals surface area contributed by atoms with Gasteiger partial charge in [-0.3, -0.25) is 4.79 Å². The number of rotatable bonds is 6. The maximum absolute atomic E-state index is 12.7. The maximum atomic E-state index is 12.7. The van der Waals surface area contributed by atoms with Crippen LogP contribution < -0.4 is 10.6 Å². The Kier molecular flexibility index (Phi) is 4.33. The van der Waals surface area contributed by atoms with Gasteiger partial charge in [-0.15, -0.1) is 0 Å². The lowest BCUT2D eigenvalue weighted by molar-refractivity contribution is -0.149. The second kappa shape index (κ2) is 6.53. The van der Waals surface area contributed by atoms with Gasteiger partial charge < -0.3 is 15.7 Å². The molecule has 136 valence electrons. The number of para-hydroxylation sites is 1. The summed E-state index contributed by atoms with van der Waals surface area (Å²) in [4.78, 5) is 12.7. The van der Waals surface area contributed by atoms with Crippen molar-refractivity contribution in [2.45, 2.75) is 31.7 Å². The summed E-state index contributed by atoms with van der Waals surface area (Å²) in [5.74, 6) is 0.0331. The molecule has 4 rings (SSSR count). The SMILES string of the molecule is C[C@]1(CO)C[C@@H]2C(=O)Nc3ccccc3[C@@]21CCNCc1ccccc1. The molecule has 3 atom stereocenters. The lowest BCUT2D eigenvalue weighted by atomic mass is 9.40. The van der Waals surface area contributed by atoms with E-state index in [4.69, 9.17) is 0 Å². The number of hydrogen-bond donors (Lipinski definition) is 3. The van der Waals surface area contributed by atoms with Crippen LogP contribution >= 0.6 is 0 Å². The van der Waals surface area contributed by atoms with Crippen LogP contribution in [0.1, 0.15) is 30.9 Å². The topological polar surface area (TPSA) is 61.4 Å². The first-order valence-corrected chi connectivity index (χ1v) is 9.37. The van der Waals surface area contributed by atoms with E-state index in [9.17, 15) is 9.90 Å². The summed E-state index contributed by atoms with van der Waals surface area (Å²) in [5.41, 5.74) is 2.76. The van der Waals surface area contributed by atoms with Crippen LogP contribution in [-0.2, 0) is 16.8 Å². The average molecular weight is 350 g/mol. The fraction of sp³-hybridized carbons (Fsp3) is 0.409. The molecule has 0 bridgehead atoms. The second-order valence-corrected chi connectivity index (χ2v) is 7.89. The van der Waals surface area contributed by atoms with E-state index in [1.807, 2.05) is 36.4 Å². The average Bonchev–Trinajstić information content (AvgIpc) is 2.66. The normalized spacial score (nSPS) is 29.3. The van der Waals surface area contributed by atoms with Crippen molar-refractivity contribution in [2.24, 2.45) is 11.3 Å². The number of carbonyl (C=O) groups excluding carboxylic acids is 1. The van der Waals surface area contributed by atoms with Gasteiger partial charge in [0.05, 0.1) is 0 Å². The van der Waals surface area contributed by atoms with Crippen molar-refractivity contribution >= 4 is 11.6 Å². The van der Waals surface area contributed by atoms with Crippen molar-refractivity contribution in [1.29, 1.82) is 0 Å². The van der Waals surface area contributed by atoms with Crippen LogP contribution in [0, 0.1) is 11.3 Å². The minimum atomic E-state index is -0.301. The van der Waals surface area contributed by atoms with E-state index in [0.717, 1.165) is 31.6 Å². The van der Waals surface area contributed by atoms with Gasteiger partial charge in [0.2, 0.25) is 5.91 Å². The predicted molar refractivity (Wildman–Crippen MR) is 103 cm³/mol. The number of amides is 1. The monoisotopic (exact) mass is 350 g/mol. The van der Waals surface area contributed by atoms with Crippen LogP contribution in [0.4, 0.5) is 5.69 Å². The first-order valence-electron chi connectivity index (χ1n) is 9.37. The van der Waals surface area contributed by atoms with Gasteiger partial charge in [0.1, 0.15) is 0 Å². The van der Waals surface area contributed by atoms with Gasteiger partial charge in [0.25, 0.3) is 0 Å². The molecule has 1 aliphatic heterocycles. The third-order valence-electron chi connectivity index (χ3n) is 6.53. The first kappa shape index (κ1) is 17.3. The van der Waals surface area contributed by atoms with Crippen LogP contribution in [0.15, 0.2) is 54.6 Å². The van der Waals surface area contributed by atoms with E-state index in [1.165, 1.54) is 11.1 Å². The summed E-state index contributed by atoms with van der Waals surface area (Å²) < 4.78 is 0. The lowest BCUT2D eigenvalue weighted by Crippen LogP contribution is -2.67. The molecule has 26 heavy (non-hydrogen) atoms. The van der Waals surface area contributed by atoms with Crippen molar-refractivity contribution in [2.75, 3.05) is 18.5 Å². The molecule has 1 aliphatic carbocycles. The zero-order chi connectivity index (χ0) is 18.2. The van der Waals surface area contributed by atoms with Crippen LogP contribution in [0.5, 0.6) is 0 Å². The molecule has 2 aromatic carbocycles. The highest BCUT2D eigenvalue weighted by Gasteiger charge is 2.67. The summed E-state index contributed by atoms with van der Waals surface area (Å²) in [5, 5.41) is 16.7. The molecule has 0 radical (unpaired) electrons. The number of anilines is 1. The van der Waals surface area contributed by atoms with E-state index in [2.05, 4.69) is 35.8 Å². The summed E-state index contributed by atoms with van der Waals surface area (Å²) in [7, 11) is 0. The van der Waals surface area contributed by atoms with Gasteiger partial charge in [-0.25, -0.2) is 0 Å². The number of aliphatic hydroxyl groups is 1. The van der Waals surface area contributed by atoms with Crippen LogP contribution in [0.25, 0.3) is 0 Å². The first-order chi connectivity index (χ1) is 12.6. The maximum Gasteiger partial charge on any atom is 0.228 e. The van der Waals surface area contributed by atoms with Gasteiger partial charge in [-0.1, -0.05) is 55.5 Å². The summed E-state index contributed by atoms with van der Waals surface area (Å²) in [6.45, 7) is 3.84. The molecule has 1 fully saturated rings. The highest BCUT2D eigenvalue weighted by atomic mass is 16.3. The standard InChI is InChI=1S/C22H26N2O2/c1-21(15-25)13-18-20(26)24-19-10-6-5-9-17(19)22(18,21)11-12-23-14-16-7-3-2-4-8-16/h2-10,18,23,25H,11-15H2,1H3,(H,24,26)/t18-,21-,22+/m1/s1. The highest BCUT2D eigenvalue weighted by Crippen LogP contribution is 2.66. The Bertz CT molecular complexity index is 807. The van der Waals surface area contributed by atoms with Gasteiger partial charge >= 0.3 is 0 Å². The number of nitrogens with one attached hydrogen (secondary N) is 2. The Labute approximate surface area is 154 Å². The molecule has 2 aliphatic rings. The van der Waals surface area contributed by atoms with Gasteiger partial charge in [-0.2, -0.15) is 0 Å². The molecule has 4 heteroatoms. The number of aliphatic hydroxyl groups excluding tert-OH is 1. The lowest BCUT2D eigenvalue weighted by Gasteiger charge is -2.64. The summed E-state index contributed by atoms with van der Waals surface area (Å²) >= 11 is 0. The Balaban J connectivity index is 1.58. The van der Waals surface area contributed by atoms with E-state index in [1.54, 1.807) is 0 Å². The summed E-state index contributed by atoms with van der Waals surface area (Å²) in [6, 6.07) is 18.4. The third-order valence-corrected chi connectivity index (χ3v) is 6.53. The Hall–Kier alpha value is -2.17. The number of hydrogen-bond acceptors (Lipinski definition) is 3. The van der Waals surface area contributed by atoms with Gasteiger partial charge in [0, 0.05) is 35.6 Å². The molecule has 1 saturated carbocycles. The zero-order valence-electron chi connectivity index (χ0n) is 15.2. The van der Waals surface area contributed by atoms with Crippen molar-refractivity contribution in [3.63, 3.8) is 0 Å². The Morgan fingerprint density at radius 3 is 2.65 bits per heavy atom. The minimum Gasteiger partial charge on any atom is -0.396 e.